The number of methoxy groups -OCH3 is 1. The second-order valence-electron chi connectivity index (χ2n) is 7.23. The average Bonchev–Trinajstić information content (AvgIpc) is 2.72. The van der Waals surface area contributed by atoms with Crippen molar-refractivity contribution in [3.05, 3.63) is 71.8 Å². The third-order valence-corrected chi connectivity index (χ3v) is 5.65. The van der Waals surface area contributed by atoms with E-state index in [2.05, 4.69) is 66.4 Å². The van der Waals surface area contributed by atoms with Gasteiger partial charge in [-0.1, -0.05) is 73.5 Å². The largest absolute Gasteiger partial charge is 0.469 e. The van der Waals surface area contributed by atoms with E-state index in [1.165, 1.54) is 24.7 Å². The average molecular weight is 351 g/mol. The van der Waals surface area contributed by atoms with Crippen molar-refractivity contribution in [2.45, 2.75) is 51.2 Å². The quantitative estimate of drug-likeness (QED) is 0.687. The van der Waals surface area contributed by atoms with Crippen LogP contribution >= 0.6 is 0 Å². The minimum Gasteiger partial charge on any atom is -0.469 e. The van der Waals surface area contributed by atoms with Gasteiger partial charge in [-0.3, -0.25) is 9.69 Å². The van der Waals surface area contributed by atoms with E-state index < -0.39 is 0 Å². The van der Waals surface area contributed by atoms with Gasteiger partial charge in [0, 0.05) is 18.6 Å². The van der Waals surface area contributed by atoms with Crippen molar-refractivity contribution in [3.63, 3.8) is 0 Å². The molecule has 1 saturated carbocycles. The number of hydrogen-bond acceptors (Lipinski definition) is 3. The van der Waals surface area contributed by atoms with Gasteiger partial charge < -0.3 is 4.74 Å². The Balaban J connectivity index is 1.91. The monoisotopic (exact) mass is 351 g/mol. The second kappa shape index (κ2) is 9.00. The number of hydrogen-bond donors (Lipinski definition) is 0. The Hall–Kier alpha value is -2.13. The van der Waals surface area contributed by atoms with Crippen molar-refractivity contribution >= 4 is 5.97 Å². The third kappa shape index (κ3) is 4.34. The highest BCUT2D eigenvalue weighted by Crippen LogP contribution is 2.35. The van der Waals surface area contributed by atoms with Gasteiger partial charge in [-0.25, -0.2) is 0 Å². The molecule has 0 amide bonds. The van der Waals surface area contributed by atoms with Gasteiger partial charge in [0.2, 0.25) is 0 Å². The Morgan fingerprint density at radius 2 is 1.65 bits per heavy atom. The zero-order valence-corrected chi connectivity index (χ0v) is 15.8. The molecule has 1 aliphatic carbocycles. The van der Waals surface area contributed by atoms with Crippen LogP contribution in [-0.2, 0) is 16.1 Å². The Labute approximate surface area is 157 Å². The van der Waals surface area contributed by atoms with Crippen molar-refractivity contribution in [1.82, 2.24) is 4.90 Å². The Bertz CT molecular complexity index is 686. The normalized spacial score (nSPS) is 21.3. The van der Waals surface area contributed by atoms with Crippen LogP contribution < -0.4 is 0 Å². The van der Waals surface area contributed by atoms with E-state index in [-0.39, 0.29) is 24.0 Å². The molecule has 0 unspecified atom stereocenters. The van der Waals surface area contributed by atoms with Crippen molar-refractivity contribution in [2.75, 3.05) is 7.11 Å². The lowest BCUT2D eigenvalue weighted by atomic mass is 9.82. The molecule has 1 fully saturated rings. The first-order valence-corrected chi connectivity index (χ1v) is 9.63. The summed E-state index contributed by atoms with van der Waals surface area (Å²) in [6.45, 7) is 3.09. The van der Waals surface area contributed by atoms with E-state index in [1.54, 1.807) is 0 Å². The van der Waals surface area contributed by atoms with Crippen molar-refractivity contribution < 1.29 is 9.53 Å². The fraction of sp³-hybridized carbons (Fsp3) is 0.435. The number of nitrogens with zero attached hydrogens (tertiary/aromatic N) is 1. The van der Waals surface area contributed by atoms with Crippen LogP contribution in [0.1, 0.15) is 49.8 Å². The molecule has 0 heterocycles. The van der Waals surface area contributed by atoms with Gasteiger partial charge >= 0.3 is 5.97 Å². The van der Waals surface area contributed by atoms with Gasteiger partial charge in [0.15, 0.2) is 0 Å². The molecule has 0 radical (unpaired) electrons. The van der Waals surface area contributed by atoms with E-state index >= 15 is 0 Å². The molecule has 0 aliphatic heterocycles. The summed E-state index contributed by atoms with van der Waals surface area (Å²) in [6.07, 6.45) is 4.24. The zero-order chi connectivity index (χ0) is 18.4. The molecule has 0 bridgehead atoms. The lowest BCUT2D eigenvalue weighted by Gasteiger charge is -2.42. The van der Waals surface area contributed by atoms with Crippen LogP contribution in [0.3, 0.4) is 0 Å². The topological polar surface area (TPSA) is 29.5 Å². The molecule has 3 nitrogen and oxygen atoms in total. The summed E-state index contributed by atoms with van der Waals surface area (Å²) in [7, 11) is 1.51. The molecule has 0 spiro atoms. The summed E-state index contributed by atoms with van der Waals surface area (Å²) in [5.41, 5.74) is 2.57. The maximum atomic E-state index is 12.4. The van der Waals surface area contributed by atoms with Gasteiger partial charge in [-0.05, 0) is 30.9 Å². The predicted molar refractivity (Wildman–Crippen MR) is 105 cm³/mol. The smallest absolute Gasteiger partial charge is 0.310 e. The third-order valence-electron chi connectivity index (χ3n) is 5.65. The van der Waals surface area contributed by atoms with Crippen LogP contribution in [0.25, 0.3) is 0 Å². The van der Waals surface area contributed by atoms with Gasteiger partial charge in [-0.15, -0.1) is 0 Å². The van der Waals surface area contributed by atoms with Crippen LogP contribution in [-0.4, -0.2) is 24.0 Å². The summed E-state index contributed by atoms with van der Waals surface area (Å²) in [5.74, 6) is -0.100. The number of ether oxygens (including phenoxy) is 1. The summed E-state index contributed by atoms with van der Waals surface area (Å²) in [4.78, 5) is 14.9. The summed E-state index contributed by atoms with van der Waals surface area (Å²) in [5, 5.41) is 0. The van der Waals surface area contributed by atoms with Crippen LogP contribution in [0.15, 0.2) is 60.7 Å². The Kier molecular flexibility index (Phi) is 6.45. The molecule has 26 heavy (non-hydrogen) atoms. The summed E-state index contributed by atoms with van der Waals surface area (Å²) >= 11 is 0. The lowest BCUT2D eigenvalue weighted by molar-refractivity contribution is -0.150. The number of carbonyl (C=O) groups excluding carboxylic acids is 1. The molecule has 3 heteroatoms. The second-order valence-corrected chi connectivity index (χ2v) is 7.23. The SMILES string of the molecule is COC(=O)[C@H]1CCCC[C@@H]1N(Cc1ccccc1)[C@H](C)c1ccccc1. The Morgan fingerprint density at radius 3 is 2.31 bits per heavy atom. The number of benzene rings is 2. The van der Waals surface area contributed by atoms with E-state index in [0.29, 0.717) is 0 Å². The standard InChI is InChI=1S/C23H29NO2/c1-18(20-13-7-4-8-14-20)24(17-19-11-5-3-6-12-19)22-16-10-9-15-21(22)23(25)26-2/h3-8,11-14,18,21-22H,9-10,15-17H2,1-2H3/t18-,21+,22+/m1/s1. The van der Waals surface area contributed by atoms with Crippen molar-refractivity contribution in [3.8, 4) is 0 Å². The molecule has 1 aliphatic rings. The van der Waals surface area contributed by atoms with Crippen LogP contribution in [0.4, 0.5) is 0 Å². The van der Waals surface area contributed by atoms with E-state index in [0.717, 1.165) is 25.8 Å². The first-order valence-electron chi connectivity index (χ1n) is 9.63. The molecule has 138 valence electrons. The highest BCUT2D eigenvalue weighted by Gasteiger charge is 2.37. The van der Waals surface area contributed by atoms with Crippen molar-refractivity contribution in [1.29, 1.82) is 0 Å². The maximum Gasteiger partial charge on any atom is 0.310 e. The van der Waals surface area contributed by atoms with Gasteiger partial charge in [-0.2, -0.15) is 0 Å². The molecular weight excluding hydrogens is 322 g/mol. The van der Waals surface area contributed by atoms with Gasteiger partial charge in [0.1, 0.15) is 0 Å². The molecule has 3 rings (SSSR count). The van der Waals surface area contributed by atoms with Crippen LogP contribution in [0.2, 0.25) is 0 Å². The first kappa shape index (κ1) is 18.7. The molecule has 0 N–H and O–H groups in total. The lowest BCUT2D eigenvalue weighted by Crippen LogP contribution is -2.46. The fourth-order valence-corrected chi connectivity index (χ4v) is 4.19. The minimum absolute atomic E-state index is 0.0383. The number of rotatable bonds is 6. The summed E-state index contributed by atoms with van der Waals surface area (Å²) in [6, 6.07) is 21.6. The van der Waals surface area contributed by atoms with E-state index in [1.807, 2.05) is 6.07 Å². The highest BCUT2D eigenvalue weighted by atomic mass is 16.5. The Morgan fingerprint density at radius 1 is 1.04 bits per heavy atom. The van der Waals surface area contributed by atoms with Gasteiger partial charge in [0.05, 0.1) is 13.0 Å². The van der Waals surface area contributed by atoms with Crippen molar-refractivity contribution in [2.24, 2.45) is 5.92 Å². The van der Waals surface area contributed by atoms with Crippen LogP contribution in [0.5, 0.6) is 0 Å². The van der Waals surface area contributed by atoms with Gasteiger partial charge in [0.25, 0.3) is 0 Å². The zero-order valence-electron chi connectivity index (χ0n) is 15.8. The maximum absolute atomic E-state index is 12.4. The van der Waals surface area contributed by atoms with E-state index in [4.69, 9.17) is 4.74 Å². The molecule has 0 aromatic heterocycles. The molecular formula is C23H29NO2. The fourth-order valence-electron chi connectivity index (χ4n) is 4.19. The minimum atomic E-state index is -0.0620. The summed E-state index contributed by atoms with van der Waals surface area (Å²) < 4.78 is 5.14. The molecule has 3 atom stereocenters. The number of carbonyl (C=O) groups is 1. The highest BCUT2D eigenvalue weighted by molar-refractivity contribution is 5.73. The predicted octanol–water partition coefficient (Wildman–Crippen LogP) is 4.98. The van der Waals surface area contributed by atoms with E-state index in [9.17, 15) is 4.79 Å². The number of esters is 1. The molecule has 0 saturated heterocycles. The first-order chi connectivity index (χ1) is 12.7. The molecule has 2 aromatic rings. The molecule has 2 aromatic carbocycles. The van der Waals surface area contributed by atoms with Crippen LogP contribution in [0, 0.1) is 5.92 Å².